The van der Waals surface area contributed by atoms with Crippen molar-refractivity contribution in [1.82, 2.24) is 10.2 Å². The molecule has 32 heavy (non-hydrogen) atoms. The van der Waals surface area contributed by atoms with Crippen LogP contribution in [0.15, 0.2) is 78.9 Å². The van der Waals surface area contributed by atoms with Crippen molar-refractivity contribution in [2.45, 2.75) is 32.4 Å². The number of nitrogens with zero attached hydrogens (tertiary/aromatic N) is 1. The van der Waals surface area contributed by atoms with E-state index in [9.17, 15) is 14.0 Å². The quantitative estimate of drug-likeness (QED) is 0.507. The zero-order valence-corrected chi connectivity index (χ0v) is 18.7. The first kappa shape index (κ1) is 23.5. The molecule has 6 heteroatoms. The summed E-state index contributed by atoms with van der Waals surface area (Å²) in [7, 11) is 0. The highest BCUT2D eigenvalue weighted by molar-refractivity contribution is 6.31. The number of carbonyl (C=O) groups excluding carboxylic acids is 2. The largest absolute Gasteiger partial charge is 0.355 e. The third kappa shape index (κ3) is 6.17. The van der Waals surface area contributed by atoms with E-state index in [2.05, 4.69) is 5.32 Å². The summed E-state index contributed by atoms with van der Waals surface area (Å²) in [5.41, 5.74) is 1.92. The van der Waals surface area contributed by atoms with Gasteiger partial charge in [0.2, 0.25) is 11.8 Å². The second-order valence-electron chi connectivity index (χ2n) is 7.48. The first-order chi connectivity index (χ1) is 15.5. The zero-order valence-electron chi connectivity index (χ0n) is 17.9. The van der Waals surface area contributed by atoms with E-state index < -0.39 is 11.9 Å². The van der Waals surface area contributed by atoms with Crippen molar-refractivity contribution < 1.29 is 14.0 Å². The average Bonchev–Trinajstić information content (AvgIpc) is 2.79. The molecule has 0 spiro atoms. The number of nitrogens with one attached hydrogen (secondary N) is 1. The molecule has 1 unspecified atom stereocenters. The van der Waals surface area contributed by atoms with Crippen LogP contribution >= 0.6 is 11.6 Å². The molecular weight excluding hydrogens is 427 g/mol. The Morgan fingerprint density at radius 1 is 0.938 bits per heavy atom. The van der Waals surface area contributed by atoms with Gasteiger partial charge in [-0.3, -0.25) is 9.59 Å². The minimum Gasteiger partial charge on any atom is -0.355 e. The van der Waals surface area contributed by atoms with Gasteiger partial charge in [-0.25, -0.2) is 4.39 Å². The summed E-state index contributed by atoms with van der Waals surface area (Å²) < 4.78 is 14.5. The van der Waals surface area contributed by atoms with Crippen LogP contribution in [0.25, 0.3) is 0 Å². The molecule has 0 heterocycles. The molecule has 3 aromatic carbocycles. The van der Waals surface area contributed by atoms with E-state index in [4.69, 9.17) is 11.6 Å². The van der Waals surface area contributed by atoms with Gasteiger partial charge in [0, 0.05) is 30.1 Å². The van der Waals surface area contributed by atoms with E-state index in [1.807, 2.05) is 37.3 Å². The van der Waals surface area contributed by atoms with Crippen LogP contribution in [0.5, 0.6) is 0 Å². The van der Waals surface area contributed by atoms with Crippen molar-refractivity contribution in [3.05, 3.63) is 106 Å². The lowest BCUT2D eigenvalue weighted by atomic mass is 10.0. The van der Waals surface area contributed by atoms with Crippen LogP contribution in [0, 0.1) is 5.82 Å². The zero-order chi connectivity index (χ0) is 22.9. The lowest BCUT2D eigenvalue weighted by molar-refractivity contribution is -0.140. The summed E-state index contributed by atoms with van der Waals surface area (Å²) in [5, 5.41) is 3.30. The predicted molar refractivity (Wildman–Crippen MR) is 125 cm³/mol. The number of hydrogen-bond donors (Lipinski definition) is 1. The van der Waals surface area contributed by atoms with E-state index in [1.165, 1.54) is 11.0 Å². The third-order valence-electron chi connectivity index (χ3n) is 5.22. The van der Waals surface area contributed by atoms with E-state index in [0.717, 1.165) is 5.56 Å². The van der Waals surface area contributed by atoms with Gasteiger partial charge in [-0.1, -0.05) is 78.3 Å². The molecule has 1 N–H and O–H groups in total. The van der Waals surface area contributed by atoms with Crippen LogP contribution in [-0.4, -0.2) is 29.3 Å². The molecule has 3 rings (SSSR count). The number of benzene rings is 3. The highest BCUT2D eigenvalue weighted by Gasteiger charge is 2.30. The highest BCUT2D eigenvalue weighted by Crippen LogP contribution is 2.21. The molecule has 1 atom stereocenters. The summed E-state index contributed by atoms with van der Waals surface area (Å²) in [6, 6.07) is 22.1. The van der Waals surface area contributed by atoms with E-state index in [0.29, 0.717) is 29.1 Å². The SMILES string of the molecule is CCNC(=O)C(Cc1ccccc1)N(Cc1ccccc1F)C(=O)Cc1ccccc1Cl. The van der Waals surface area contributed by atoms with Gasteiger partial charge in [0.25, 0.3) is 0 Å². The van der Waals surface area contributed by atoms with Crippen molar-refractivity contribution in [3.63, 3.8) is 0 Å². The Morgan fingerprint density at radius 3 is 2.22 bits per heavy atom. The molecule has 0 fully saturated rings. The summed E-state index contributed by atoms with van der Waals surface area (Å²) in [5.74, 6) is -0.994. The second kappa shape index (κ2) is 11.4. The summed E-state index contributed by atoms with van der Waals surface area (Å²) in [6.07, 6.45) is 0.328. The molecule has 2 amide bonds. The standard InChI is InChI=1S/C26H26ClFN2O2/c1-2-29-26(32)24(16-19-10-4-3-5-11-19)30(18-21-13-7-9-15-23(21)28)25(31)17-20-12-6-8-14-22(20)27/h3-15,24H,2,16-18H2,1H3,(H,29,32). The van der Waals surface area contributed by atoms with Gasteiger partial charge < -0.3 is 10.2 Å². The maximum Gasteiger partial charge on any atom is 0.243 e. The topological polar surface area (TPSA) is 49.4 Å². The molecule has 4 nitrogen and oxygen atoms in total. The molecule has 0 aromatic heterocycles. The Kier molecular flexibility index (Phi) is 8.40. The predicted octanol–water partition coefficient (Wildman–Crippen LogP) is 4.80. The molecule has 166 valence electrons. The molecule has 0 saturated carbocycles. The lowest BCUT2D eigenvalue weighted by Crippen LogP contribution is -2.51. The van der Waals surface area contributed by atoms with Gasteiger partial charge in [0.15, 0.2) is 0 Å². The molecule has 0 radical (unpaired) electrons. The van der Waals surface area contributed by atoms with Gasteiger partial charge >= 0.3 is 0 Å². The smallest absolute Gasteiger partial charge is 0.243 e. The van der Waals surface area contributed by atoms with Crippen molar-refractivity contribution >= 4 is 23.4 Å². The number of amides is 2. The number of rotatable bonds is 9. The molecule has 0 bridgehead atoms. The molecular formula is C26H26ClFN2O2. The maximum absolute atomic E-state index is 14.5. The van der Waals surface area contributed by atoms with Crippen molar-refractivity contribution in [2.75, 3.05) is 6.54 Å². The Hall–Kier alpha value is -3.18. The highest BCUT2D eigenvalue weighted by atomic mass is 35.5. The van der Waals surface area contributed by atoms with Gasteiger partial charge in [0.1, 0.15) is 11.9 Å². The van der Waals surface area contributed by atoms with Crippen molar-refractivity contribution in [3.8, 4) is 0 Å². The van der Waals surface area contributed by atoms with Gasteiger partial charge in [-0.2, -0.15) is 0 Å². The average molecular weight is 453 g/mol. The van der Waals surface area contributed by atoms with E-state index >= 15 is 0 Å². The van der Waals surface area contributed by atoms with Crippen molar-refractivity contribution in [1.29, 1.82) is 0 Å². The van der Waals surface area contributed by atoms with Gasteiger partial charge in [-0.15, -0.1) is 0 Å². The lowest BCUT2D eigenvalue weighted by Gasteiger charge is -2.31. The fraction of sp³-hybridized carbons (Fsp3) is 0.231. The normalized spacial score (nSPS) is 11.6. The Balaban J connectivity index is 1.98. The molecule has 0 aliphatic rings. The van der Waals surface area contributed by atoms with Crippen LogP contribution < -0.4 is 5.32 Å². The van der Waals surface area contributed by atoms with Crippen molar-refractivity contribution in [2.24, 2.45) is 0 Å². The number of carbonyl (C=O) groups is 2. The molecule has 0 aliphatic carbocycles. The Bertz CT molecular complexity index is 1060. The molecule has 0 saturated heterocycles. The summed E-state index contributed by atoms with van der Waals surface area (Å²) >= 11 is 6.27. The fourth-order valence-electron chi connectivity index (χ4n) is 3.56. The Labute approximate surface area is 193 Å². The number of halogens is 2. The van der Waals surface area contributed by atoms with E-state index in [-0.39, 0.29) is 24.8 Å². The van der Waals surface area contributed by atoms with Crippen LogP contribution in [-0.2, 0) is 29.0 Å². The monoisotopic (exact) mass is 452 g/mol. The third-order valence-corrected chi connectivity index (χ3v) is 5.59. The fourth-order valence-corrected chi connectivity index (χ4v) is 3.76. The first-order valence-electron chi connectivity index (χ1n) is 10.6. The maximum atomic E-state index is 14.5. The minimum absolute atomic E-state index is 0.0127. The van der Waals surface area contributed by atoms with Gasteiger partial charge in [-0.05, 0) is 30.2 Å². The van der Waals surface area contributed by atoms with Gasteiger partial charge in [0.05, 0.1) is 6.42 Å². The number of hydrogen-bond acceptors (Lipinski definition) is 2. The Morgan fingerprint density at radius 2 is 1.56 bits per heavy atom. The van der Waals surface area contributed by atoms with E-state index in [1.54, 1.807) is 42.5 Å². The summed E-state index contributed by atoms with van der Waals surface area (Å²) in [4.78, 5) is 28.0. The van der Waals surface area contributed by atoms with Crippen LogP contribution in [0.1, 0.15) is 23.6 Å². The minimum atomic E-state index is -0.799. The molecule has 3 aromatic rings. The molecule has 0 aliphatic heterocycles. The van der Waals surface area contributed by atoms with Crippen LogP contribution in [0.4, 0.5) is 4.39 Å². The van der Waals surface area contributed by atoms with Crippen LogP contribution in [0.3, 0.4) is 0 Å². The number of likely N-dealkylation sites (N-methyl/N-ethyl adjacent to an activating group) is 1. The second-order valence-corrected chi connectivity index (χ2v) is 7.89. The first-order valence-corrected chi connectivity index (χ1v) is 10.9. The summed E-state index contributed by atoms with van der Waals surface area (Å²) in [6.45, 7) is 2.23. The van der Waals surface area contributed by atoms with Crippen LogP contribution in [0.2, 0.25) is 5.02 Å².